The van der Waals surface area contributed by atoms with Gasteiger partial charge in [0.2, 0.25) is 0 Å². The van der Waals surface area contributed by atoms with Crippen LogP contribution in [-0.2, 0) is 4.79 Å². The van der Waals surface area contributed by atoms with Crippen LogP contribution in [0, 0.1) is 11.8 Å². The highest BCUT2D eigenvalue weighted by molar-refractivity contribution is 5.69. The zero-order valence-corrected chi connectivity index (χ0v) is 7.94. The van der Waals surface area contributed by atoms with Gasteiger partial charge in [-0.05, 0) is 25.2 Å². The van der Waals surface area contributed by atoms with Crippen molar-refractivity contribution in [1.82, 2.24) is 0 Å². The van der Waals surface area contributed by atoms with Crippen molar-refractivity contribution in [3.8, 4) is 0 Å². The second kappa shape index (κ2) is 4.85. The molecule has 0 heterocycles. The normalized spacial score (nSPS) is 23.0. The lowest BCUT2D eigenvalue weighted by Gasteiger charge is -2.13. The van der Waals surface area contributed by atoms with E-state index in [1.54, 1.807) is 6.92 Å². The Balaban J connectivity index is 2.22. The van der Waals surface area contributed by atoms with Gasteiger partial charge in [-0.15, -0.1) is 0 Å². The topological polar surface area (TPSA) is 37.3 Å². The first kappa shape index (κ1) is 10.0. The van der Waals surface area contributed by atoms with Gasteiger partial charge in [0.05, 0.1) is 5.92 Å². The third-order valence-electron chi connectivity index (χ3n) is 2.46. The maximum atomic E-state index is 10.5. The van der Waals surface area contributed by atoms with Crippen molar-refractivity contribution >= 4 is 5.97 Å². The number of aliphatic carboxylic acids is 1. The molecule has 0 aromatic heterocycles. The summed E-state index contributed by atoms with van der Waals surface area (Å²) < 4.78 is 0. The first-order chi connectivity index (χ1) is 6.20. The minimum atomic E-state index is -0.685. The van der Waals surface area contributed by atoms with Crippen LogP contribution in [0.4, 0.5) is 0 Å². The summed E-state index contributed by atoms with van der Waals surface area (Å²) in [5.74, 6) is -0.346. The summed E-state index contributed by atoms with van der Waals surface area (Å²) in [6.45, 7) is 1.77. The molecule has 1 aliphatic rings. The smallest absolute Gasteiger partial charge is 0.306 e. The van der Waals surface area contributed by atoms with Crippen molar-refractivity contribution in [1.29, 1.82) is 0 Å². The highest BCUT2D eigenvalue weighted by atomic mass is 16.4. The summed E-state index contributed by atoms with van der Waals surface area (Å²) in [4.78, 5) is 10.5. The van der Waals surface area contributed by atoms with Crippen molar-refractivity contribution in [2.75, 3.05) is 0 Å². The molecule has 0 aromatic rings. The van der Waals surface area contributed by atoms with Crippen molar-refractivity contribution in [2.24, 2.45) is 11.8 Å². The standard InChI is InChI=1S/C11H16O2/c1-9(11(12)13)7-8-10-5-3-2-4-6-10/h2-5,9-10H,6-8H2,1H3,(H,12,13). The Labute approximate surface area is 79.0 Å². The van der Waals surface area contributed by atoms with Crippen molar-refractivity contribution in [3.63, 3.8) is 0 Å². The van der Waals surface area contributed by atoms with E-state index >= 15 is 0 Å². The SMILES string of the molecule is CC(CCC1C=CC=CC1)C(=O)O. The minimum absolute atomic E-state index is 0.209. The van der Waals surface area contributed by atoms with Crippen LogP contribution in [0.15, 0.2) is 24.3 Å². The molecule has 2 nitrogen and oxygen atoms in total. The third-order valence-corrected chi connectivity index (χ3v) is 2.46. The van der Waals surface area contributed by atoms with E-state index in [1.807, 2.05) is 12.2 Å². The van der Waals surface area contributed by atoms with E-state index in [-0.39, 0.29) is 5.92 Å². The molecule has 0 aromatic carbocycles. The highest BCUT2D eigenvalue weighted by Gasteiger charge is 2.13. The molecule has 13 heavy (non-hydrogen) atoms. The zero-order valence-electron chi connectivity index (χ0n) is 7.94. The monoisotopic (exact) mass is 180 g/mol. The number of allylic oxidation sites excluding steroid dienone is 4. The van der Waals surface area contributed by atoms with Crippen LogP contribution in [0.2, 0.25) is 0 Å². The van der Waals surface area contributed by atoms with Gasteiger partial charge in [-0.25, -0.2) is 0 Å². The Morgan fingerprint density at radius 2 is 2.38 bits per heavy atom. The number of carbonyl (C=O) groups is 1. The fourth-order valence-corrected chi connectivity index (χ4v) is 1.43. The average molecular weight is 180 g/mol. The van der Waals surface area contributed by atoms with Crippen molar-refractivity contribution in [2.45, 2.75) is 26.2 Å². The lowest BCUT2D eigenvalue weighted by molar-refractivity contribution is -0.141. The van der Waals surface area contributed by atoms with Gasteiger partial charge in [0, 0.05) is 0 Å². The van der Waals surface area contributed by atoms with Crippen LogP contribution in [-0.4, -0.2) is 11.1 Å². The summed E-state index contributed by atoms with van der Waals surface area (Å²) in [5.41, 5.74) is 0. The van der Waals surface area contributed by atoms with Gasteiger partial charge in [0.1, 0.15) is 0 Å². The Morgan fingerprint density at radius 1 is 1.62 bits per heavy atom. The Bertz CT molecular complexity index is 228. The number of hydrogen-bond donors (Lipinski definition) is 1. The Morgan fingerprint density at radius 3 is 2.92 bits per heavy atom. The molecule has 1 rings (SSSR count). The van der Waals surface area contributed by atoms with E-state index in [9.17, 15) is 4.79 Å². The molecule has 0 radical (unpaired) electrons. The molecule has 0 amide bonds. The molecule has 0 spiro atoms. The predicted molar refractivity (Wildman–Crippen MR) is 52.4 cm³/mol. The fraction of sp³-hybridized carbons (Fsp3) is 0.545. The Kier molecular flexibility index (Phi) is 3.74. The molecule has 0 saturated carbocycles. The van der Waals surface area contributed by atoms with E-state index in [0.29, 0.717) is 5.92 Å². The molecule has 0 fully saturated rings. The third kappa shape index (κ3) is 3.45. The summed E-state index contributed by atoms with van der Waals surface area (Å²) >= 11 is 0. The first-order valence-corrected chi connectivity index (χ1v) is 4.76. The summed E-state index contributed by atoms with van der Waals surface area (Å²) in [6.07, 6.45) is 11.2. The number of carboxylic acids is 1. The van der Waals surface area contributed by atoms with Crippen LogP contribution in [0.5, 0.6) is 0 Å². The predicted octanol–water partition coefficient (Wildman–Crippen LogP) is 2.62. The second-order valence-electron chi connectivity index (χ2n) is 3.63. The average Bonchev–Trinajstić information content (AvgIpc) is 2.15. The molecule has 2 unspecified atom stereocenters. The molecule has 1 aliphatic carbocycles. The number of rotatable bonds is 4. The summed E-state index contributed by atoms with van der Waals surface area (Å²) in [5, 5.41) is 8.68. The van der Waals surface area contributed by atoms with Crippen molar-refractivity contribution < 1.29 is 9.90 Å². The molecule has 72 valence electrons. The fourth-order valence-electron chi connectivity index (χ4n) is 1.43. The van der Waals surface area contributed by atoms with Gasteiger partial charge < -0.3 is 5.11 Å². The van der Waals surface area contributed by atoms with Gasteiger partial charge in [-0.1, -0.05) is 31.2 Å². The van der Waals surface area contributed by atoms with Gasteiger partial charge in [-0.3, -0.25) is 4.79 Å². The molecule has 0 bridgehead atoms. The lowest BCUT2D eigenvalue weighted by Crippen LogP contribution is -2.11. The minimum Gasteiger partial charge on any atom is -0.481 e. The molecule has 2 atom stereocenters. The highest BCUT2D eigenvalue weighted by Crippen LogP contribution is 2.20. The van der Waals surface area contributed by atoms with Gasteiger partial charge in [0.25, 0.3) is 0 Å². The van der Waals surface area contributed by atoms with Crippen LogP contribution in [0.1, 0.15) is 26.2 Å². The number of carboxylic acid groups (broad SMARTS) is 1. The molecular weight excluding hydrogens is 164 g/mol. The lowest BCUT2D eigenvalue weighted by atomic mass is 9.92. The van der Waals surface area contributed by atoms with E-state index in [2.05, 4.69) is 12.2 Å². The molecule has 0 aliphatic heterocycles. The number of hydrogen-bond acceptors (Lipinski definition) is 1. The summed E-state index contributed by atoms with van der Waals surface area (Å²) in [7, 11) is 0. The van der Waals surface area contributed by atoms with Crippen LogP contribution >= 0.6 is 0 Å². The van der Waals surface area contributed by atoms with Gasteiger partial charge >= 0.3 is 5.97 Å². The molecule has 0 saturated heterocycles. The van der Waals surface area contributed by atoms with Gasteiger partial charge in [0.15, 0.2) is 0 Å². The maximum absolute atomic E-state index is 10.5. The summed E-state index contributed by atoms with van der Waals surface area (Å²) in [6, 6.07) is 0. The molecular formula is C11H16O2. The van der Waals surface area contributed by atoms with Crippen LogP contribution in [0.25, 0.3) is 0 Å². The maximum Gasteiger partial charge on any atom is 0.306 e. The van der Waals surface area contributed by atoms with Crippen LogP contribution < -0.4 is 0 Å². The largest absolute Gasteiger partial charge is 0.481 e. The van der Waals surface area contributed by atoms with Crippen LogP contribution in [0.3, 0.4) is 0 Å². The van der Waals surface area contributed by atoms with E-state index in [4.69, 9.17) is 5.11 Å². The Hall–Kier alpha value is -1.05. The molecule has 2 heteroatoms. The van der Waals surface area contributed by atoms with Gasteiger partial charge in [-0.2, -0.15) is 0 Å². The van der Waals surface area contributed by atoms with E-state index in [1.165, 1.54) is 0 Å². The quantitative estimate of drug-likeness (QED) is 0.722. The second-order valence-corrected chi connectivity index (χ2v) is 3.63. The zero-order chi connectivity index (χ0) is 9.68. The van der Waals surface area contributed by atoms with E-state index in [0.717, 1.165) is 19.3 Å². The van der Waals surface area contributed by atoms with Crippen molar-refractivity contribution in [3.05, 3.63) is 24.3 Å². The first-order valence-electron chi connectivity index (χ1n) is 4.76. The van der Waals surface area contributed by atoms with E-state index < -0.39 is 5.97 Å². The molecule has 1 N–H and O–H groups in total.